The number of carbonyl (C=O) groups is 1. The van der Waals surface area contributed by atoms with E-state index in [1.54, 1.807) is 12.4 Å². The molecule has 1 aromatic rings. The number of hydrogen-bond acceptors (Lipinski definition) is 2. The fraction of sp³-hybridized carbons (Fsp3) is 0.455. The Balaban J connectivity index is 2.60. The van der Waals surface area contributed by atoms with Crippen molar-refractivity contribution in [1.29, 1.82) is 0 Å². The second-order valence-corrected chi connectivity index (χ2v) is 4.39. The summed E-state index contributed by atoms with van der Waals surface area (Å²) in [6.45, 7) is 3.95. The van der Waals surface area contributed by atoms with Gasteiger partial charge in [0.25, 0.3) is 0 Å². The number of nitrogens with zero attached hydrogens (tertiary/aromatic N) is 1. The molecule has 15 heavy (non-hydrogen) atoms. The smallest absolute Gasteiger partial charge is 0.220 e. The van der Waals surface area contributed by atoms with Crippen LogP contribution < -0.4 is 5.32 Å². The third-order valence-corrected chi connectivity index (χ3v) is 2.51. The minimum Gasteiger partial charge on any atom is -0.350 e. The van der Waals surface area contributed by atoms with E-state index in [0.29, 0.717) is 6.42 Å². The van der Waals surface area contributed by atoms with Gasteiger partial charge in [0.05, 0.1) is 6.04 Å². The van der Waals surface area contributed by atoms with Gasteiger partial charge in [-0.15, -0.1) is 0 Å². The van der Waals surface area contributed by atoms with Gasteiger partial charge in [0.1, 0.15) is 0 Å². The van der Waals surface area contributed by atoms with E-state index in [1.807, 2.05) is 19.9 Å². The first-order chi connectivity index (χ1) is 7.13. The molecular weight excluding hydrogens is 256 g/mol. The van der Waals surface area contributed by atoms with Crippen LogP contribution in [-0.4, -0.2) is 10.9 Å². The molecule has 1 heterocycles. The van der Waals surface area contributed by atoms with Crippen LogP contribution in [0, 0.1) is 0 Å². The third-order valence-electron chi connectivity index (χ3n) is 2.08. The molecule has 1 aromatic heterocycles. The Morgan fingerprint density at radius 2 is 2.33 bits per heavy atom. The van der Waals surface area contributed by atoms with Gasteiger partial charge < -0.3 is 5.32 Å². The van der Waals surface area contributed by atoms with Crippen molar-refractivity contribution in [2.75, 3.05) is 0 Å². The number of carbonyl (C=O) groups excluding carboxylic acids is 1. The molecule has 0 aromatic carbocycles. The lowest BCUT2D eigenvalue weighted by molar-refractivity contribution is -0.121. The van der Waals surface area contributed by atoms with Gasteiger partial charge in [-0.05, 0) is 40.9 Å². The van der Waals surface area contributed by atoms with Crippen LogP contribution in [-0.2, 0) is 4.79 Å². The van der Waals surface area contributed by atoms with Crippen molar-refractivity contribution in [1.82, 2.24) is 10.3 Å². The lowest BCUT2D eigenvalue weighted by atomic mass is 10.1. The van der Waals surface area contributed by atoms with Crippen molar-refractivity contribution < 1.29 is 4.79 Å². The van der Waals surface area contributed by atoms with Crippen LogP contribution in [0.3, 0.4) is 0 Å². The van der Waals surface area contributed by atoms with Gasteiger partial charge in [0.15, 0.2) is 0 Å². The molecule has 0 saturated heterocycles. The fourth-order valence-electron chi connectivity index (χ4n) is 1.29. The first kappa shape index (κ1) is 12.2. The Labute approximate surface area is 98.4 Å². The SMILES string of the molecule is CCCC(=O)NC(C)c1cncc(Br)c1. The molecule has 0 aliphatic heterocycles. The highest BCUT2D eigenvalue weighted by Gasteiger charge is 2.08. The first-order valence-electron chi connectivity index (χ1n) is 5.03. The molecular formula is C11H15BrN2O. The maximum atomic E-state index is 11.4. The zero-order valence-corrected chi connectivity index (χ0v) is 10.5. The maximum Gasteiger partial charge on any atom is 0.220 e. The summed E-state index contributed by atoms with van der Waals surface area (Å²) in [5, 5.41) is 2.92. The summed E-state index contributed by atoms with van der Waals surface area (Å²) < 4.78 is 0.927. The van der Waals surface area contributed by atoms with Gasteiger partial charge in [-0.2, -0.15) is 0 Å². The van der Waals surface area contributed by atoms with Gasteiger partial charge in [0, 0.05) is 23.3 Å². The molecule has 1 unspecified atom stereocenters. The summed E-state index contributed by atoms with van der Waals surface area (Å²) in [6.07, 6.45) is 4.94. The van der Waals surface area contributed by atoms with Crippen molar-refractivity contribution in [3.05, 3.63) is 28.5 Å². The summed E-state index contributed by atoms with van der Waals surface area (Å²) in [7, 11) is 0. The Kier molecular flexibility index (Phi) is 4.75. The topological polar surface area (TPSA) is 42.0 Å². The first-order valence-corrected chi connectivity index (χ1v) is 5.82. The second kappa shape index (κ2) is 5.85. The second-order valence-electron chi connectivity index (χ2n) is 3.48. The number of rotatable bonds is 4. The molecule has 0 fully saturated rings. The molecule has 0 aliphatic rings. The van der Waals surface area contributed by atoms with Gasteiger partial charge in [-0.1, -0.05) is 6.92 Å². The molecule has 0 aliphatic carbocycles. The summed E-state index contributed by atoms with van der Waals surface area (Å²) in [6, 6.07) is 1.97. The van der Waals surface area contributed by atoms with E-state index >= 15 is 0 Å². The molecule has 0 radical (unpaired) electrons. The number of nitrogens with one attached hydrogen (secondary N) is 1. The van der Waals surface area contributed by atoms with Gasteiger partial charge in [-0.25, -0.2) is 0 Å². The number of pyridine rings is 1. The van der Waals surface area contributed by atoms with Crippen molar-refractivity contribution >= 4 is 21.8 Å². The Bertz CT molecular complexity index is 341. The normalized spacial score (nSPS) is 12.2. The van der Waals surface area contributed by atoms with Gasteiger partial charge >= 0.3 is 0 Å². The molecule has 0 bridgehead atoms. The van der Waals surface area contributed by atoms with Crippen molar-refractivity contribution in [2.24, 2.45) is 0 Å². The predicted octanol–water partition coefficient (Wildman–Crippen LogP) is 2.82. The van der Waals surface area contributed by atoms with E-state index in [4.69, 9.17) is 0 Å². The van der Waals surface area contributed by atoms with E-state index in [0.717, 1.165) is 16.5 Å². The maximum absolute atomic E-state index is 11.4. The molecule has 1 N–H and O–H groups in total. The number of amides is 1. The summed E-state index contributed by atoms with van der Waals surface area (Å²) >= 11 is 3.35. The van der Waals surface area contributed by atoms with Crippen LogP contribution in [0.25, 0.3) is 0 Å². The number of hydrogen-bond donors (Lipinski definition) is 1. The number of aromatic nitrogens is 1. The summed E-state index contributed by atoms with van der Waals surface area (Å²) in [5.74, 6) is 0.0879. The van der Waals surface area contributed by atoms with Crippen LogP contribution in [0.1, 0.15) is 38.3 Å². The molecule has 1 atom stereocenters. The highest BCUT2D eigenvalue weighted by Crippen LogP contribution is 2.16. The highest BCUT2D eigenvalue weighted by molar-refractivity contribution is 9.10. The molecule has 3 nitrogen and oxygen atoms in total. The van der Waals surface area contributed by atoms with E-state index < -0.39 is 0 Å². The lowest BCUT2D eigenvalue weighted by Crippen LogP contribution is -2.26. The minimum absolute atomic E-state index is 0.00838. The third kappa shape index (κ3) is 4.00. The van der Waals surface area contributed by atoms with E-state index in [2.05, 4.69) is 26.2 Å². The zero-order chi connectivity index (χ0) is 11.3. The fourth-order valence-corrected chi connectivity index (χ4v) is 1.67. The monoisotopic (exact) mass is 270 g/mol. The Hall–Kier alpha value is -0.900. The van der Waals surface area contributed by atoms with Crippen LogP contribution >= 0.6 is 15.9 Å². The molecule has 82 valence electrons. The molecule has 1 rings (SSSR count). The number of halogens is 1. The van der Waals surface area contributed by atoms with E-state index in [-0.39, 0.29) is 11.9 Å². The standard InChI is InChI=1S/C11H15BrN2O/c1-3-4-11(15)14-8(2)9-5-10(12)7-13-6-9/h5-8H,3-4H2,1-2H3,(H,14,15). The molecule has 4 heteroatoms. The van der Waals surface area contributed by atoms with E-state index in [1.165, 1.54) is 0 Å². The van der Waals surface area contributed by atoms with Crippen LogP contribution in [0.4, 0.5) is 0 Å². The van der Waals surface area contributed by atoms with Crippen LogP contribution in [0.15, 0.2) is 22.9 Å². The Morgan fingerprint density at radius 3 is 2.93 bits per heavy atom. The minimum atomic E-state index is 0.00838. The quantitative estimate of drug-likeness (QED) is 0.914. The molecule has 0 saturated carbocycles. The average Bonchev–Trinajstić information content (AvgIpc) is 2.18. The average molecular weight is 271 g/mol. The van der Waals surface area contributed by atoms with Crippen molar-refractivity contribution in [3.63, 3.8) is 0 Å². The lowest BCUT2D eigenvalue weighted by Gasteiger charge is -2.13. The largest absolute Gasteiger partial charge is 0.350 e. The van der Waals surface area contributed by atoms with Gasteiger partial charge in [0.2, 0.25) is 5.91 Å². The highest BCUT2D eigenvalue weighted by atomic mass is 79.9. The van der Waals surface area contributed by atoms with Crippen LogP contribution in [0.5, 0.6) is 0 Å². The van der Waals surface area contributed by atoms with Gasteiger partial charge in [-0.3, -0.25) is 9.78 Å². The summed E-state index contributed by atoms with van der Waals surface area (Å²) in [5.41, 5.74) is 1.01. The molecule has 0 spiro atoms. The summed E-state index contributed by atoms with van der Waals surface area (Å²) in [4.78, 5) is 15.4. The Morgan fingerprint density at radius 1 is 1.60 bits per heavy atom. The predicted molar refractivity (Wildman–Crippen MR) is 63.4 cm³/mol. The van der Waals surface area contributed by atoms with E-state index in [9.17, 15) is 4.79 Å². The molecule has 1 amide bonds. The van der Waals surface area contributed by atoms with Crippen molar-refractivity contribution in [3.8, 4) is 0 Å². The van der Waals surface area contributed by atoms with Crippen LogP contribution in [0.2, 0.25) is 0 Å². The zero-order valence-electron chi connectivity index (χ0n) is 8.96. The van der Waals surface area contributed by atoms with Crippen molar-refractivity contribution in [2.45, 2.75) is 32.7 Å².